The van der Waals surface area contributed by atoms with Crippen molar-refractivity contribution in [1.82, 2.24) is 0 Å². The van der Waals surface area contributed by atoms with Gasteiger partial charge in [0.1, 0.15) is 0 Å². The minimum absolute atomic E-state index is 0.177. The summed E-state index contributed by atoms with van der Waals surface area (Å²) in [4.78, 5) is 9.80. The van der Waals surface area contributed by atoms with E-state index in [-0.39, 0.29) is 12.5 Å². The van der Waals surface area contributed by atoms with E-state index in [0.29, 0.717) is 25.6 Å². The predicted molar refractivity (Wildman–Crippen MR) is 61.8 cm³/mol. The van der Waals surface area contributed by atoms with Crippen LogP contribution in [0.5, 0.6) is 0 Å². The lowest BCUT2D eigenvalue weighted by atomic mass is 9.85. The fraction of sp³-hybridized carbons (Fsp3) is 1.00. The van der Waals surface area contributed by atoms with E-state index in [2.05, 4.69) is 12.0 Å². The highest BCUT2D eigenvalue weighted by Crippen LogP contribution is 2.25. The lowest BCUT2D eigenvalue weighted by Crippen LogP contribution is -2.24. The minimum Gasteiger partial charge on any atom is -0.394 e. The summed E-state index contributed by atoms with van der Waals surface area (Å²) in [6.45, 7) is 2.89. The zero-order chi connectivity index (χ0) is 12.5. The van der Waals surface area contributed by atoms with Crippen molar-refractivity contribution in [3.8, 4) is 0 Å². The van der Waals surface area contributed by atoms with E-state index < -0.39 is 6.10 Å². The average Bonchev–Trinajstić information content (AvgIpc) is 2.37. The van der Waals surface area contributed by atoms with E-state index in [0.717, 1.165) is 25.7 Å². The van der Waals surface area contributed by atoms with Gasteiger partial charge in [-0.15, -0.1) is 0 Å². The highest BCUT2D eigenvalue weighted by Gasteiger charge is 2.21. The molecule has 0 radical (unpaired) electrons. The van der Waals surface area contributed by atoms with Crippen molar-refractivity contribution in [1.29, 1.82) is 0 Å². The van der Waals surface area contributed by atoms with Crippen LogP contribution in [0.25, 0.3) is 0 Å². The molecular weight excluding hydrogens is 224 g/mol. The zero-order valence-corrected chi connectivity index (χ0v) is 10.5. The molecule has 102 valence electrons. The lowest BCUT2D eigenvalue weighted by Gasteiger charge is -2.24. The number of aliphatic hydroxyl groups excluding tert-OH is 2. The molecule has 0 aromatic heterocycles. The Kier molecular flexibility index (Phi) is 7.72. The smallest absolute Gasteiger partial charge is 0.0882 e. The summed E-state index contributed by atoms with van der Waals surface area (Å²) in [5.74, 6) is 0.622. The van der Waals surface area contributed by atoms with Crippen LogP contribution in [0, 0.1) is 11.8 Å². The average molecular weight is 248 g/mol. The van der Waals surface area contributed by atoms with Gasteiger partial charge in [-0.1, -0.05) is 31.2 Å². The molecule has 0 bridgehead atoms. The maximum Gasteiger partial charge on any atom is 0.0882 e. The van der Waals surface area contributed by atoms with Gasteiger partial charge in [-0.25, -0.2) is 9.78 Å². The van der Waals surface area contributed by atoms with E-state index in [4.69, 9.17) is 14.9 Å². The summed E-state index contributed by atoms with van der Waals surface area (Å²) in [5.41, 5.74) is 0. The summed E-state index contributed by atoms with van der Waals surface area (Å²) in [5, 5.41) is 23.0. The maximum absolute atomic E-state index is 9.52. The largest absolute Gasteiger partial charge is 0.394 e. The number of rotatable bonds is 3. The Morgan fingerprint density at radius 1 is 1.24 bits per heavy atom. The van der Waals surface area contributed by atoms with Crippen LogP contribution in [0.1, 0.15) is 39.0 Å². The van der Waals surface area contributed by atoms with Gasteiger partial charge in [-0.05, 0) is 24.7 Å². The highest BCUT2D eigenvalue weighted by atomic mass is 17.5. The Hall–Kier alpha value is -0.200. The summed E-state index contributed by atoms with van der Waals surface area (Å²) >= 11 is 0. The van der Waals surface area contributed by atoms with Crippen LogP contribution in [0.15, 0.2) is 0 Å². The summed E-state index contributed by atoms with van der Waals surface area (Å²) in [6.07, 6.45) is 4.17. The normalized spacial score (nSPS) is 30.5. The van der Waals surface area contributed by atoms with Crippen molar-refractivity contribution >= 4 is 0 Å². The van der Waals surface area contributed by atoms with Crippen LogP contribution in [0.2, 0.25) is 0 Å². The standard InChI is InChI=1S/C12H24O5/c1-10-9-16-17-15-6-4-2-3-5-11(10)7-12(14)8-13/h10-14H,2-9H2,1H3. The number of hydrogen-bond acceptors (Lipinski definition) is 5. The topological polar surface area (TPSA) is 68.2 Å². The molecule has 1 saturated heterocycles. The molecular formula is C12H24O5. The molecule has 0 amide bonds. The van der Waals surface area contributed by atoms with Crippen LogP contribution >= 0.6 is 0 Å². The Morgan fingerprint density at radius 2 is 2.06 bits per heavy atom. The number of aliphatic hydroxyl groups is 2. The second-order valence-corrected chi connectivity index (χ2v) is 4.83. The molecule has 0 aromatic rings. The fourth-order valence-electron chi connectivity index (χ4n) is 2.14. The van der Waals surface area contributed by atoms with Crippen LogP contribution in [-0.4, -0.2) is 36.1 Å². The monoisotopic (exact) mass is 248 g/mol. The molecule has 1 heterocycles. The van der Waals surface area contributed by atoms with Gasteiger partial charge in [0.2, 0.25) is 0 Å². The van der Waals surface area contributed by atoms with Crippen molar-refractivity contribution in [3.05, 3.63) is 0 Å². The van der Waals surface area contributed by atoms with E-state index >= 15 is 0 Å². The molecule has 0 saturated carbocycles. The van der Waals surface area contributed by atoms with E-state index in [1.165, 1.54) is 0 Å². The molecule has 0 aromatic carbocycles. The van der Waals surface area contributed by atoms with E-state index in [1.807, 2.05) is 0 Å². The van der Waals surface area contributed by atoms with Gasteiger partial charge in [0.15, 0.2) is 0 Å². The Balaban J connectivity index is 2.42. The summed E-state index contributed by atoms with van der Waals surface area (Å²) < 4.78 is 0. The van der Waals surface area contributed by atoms with Crippen LogP contribution in [0.4, 0.5) is 0 Å². The second-order valence-electron chi connectivity index (χ2n) is 4.83. The lowest BCUT2D eigenvalue weighted by molar-refractivity contribution is -0.515. The van der Waals surface area contributed by atoms with E-state index in [1.54, 1.807) is 0 Å². The van der Waals surface area contributed by atoms with Gasteiger partial charge in [0, 0.05) is 0 Å². The van der Waals surface area contributed by atoms with Crippen molar-refractivity contribution in [2.75, 3.05) is 19.8 Å². The predicted octanol–water partition coefficient (Wildman–Crippen LogP) is 1.44. The third-order valence-corrected chi connectivity index (χ3v) is 3.32. The molecule has 1 fully saturated rings. The highest BCUT2D eigenvalue weighted by molar-refractivity contribution is 4.70. The van der Waals surface area contributed by atoms with Crippen LogP contribution < -0.4 is 0 Å². The molecule has 1 rings (SSSR count). The second kappa shape index (κ2) is 8.83. The molecule has 2 N–H and O–H groups in total. The Bertz CT molecular complexity index is 188. The van der Waals surface area contributed by atoms with Gasteiger partial charge in [0.05, 0.1) is 25.9 Å². The molecule has 3 unspecified atom stereocenters. The van der Waals surface area contributed by atoms with E-state index in [9.17, 15) is 5.11 Å². The molecule has 3 atom stereocenters. The Morgan fingerprint density at radius 3 is 2.82 bits per heavy atom. The van der Waals surface area contributed by atoms with Gasteiger partial charge in [-0.3, -0.25) is 0 Å². The third-order valence-electron chi connectivity index (χ3n) is 3.32. The van der Waals surface area contributed by atoms with Crippen molar-refractivity contribution in [2.24, 2.45) is 11.8 Å². The zero-order valence-electron chi connectivity index (χ0n) is 10.5. The third kappa shape index (κ3) is 6.33. The minimum atomic E-state index is -0.634. The van der Waals surface area contributed by atoms with Gasteiger partial charge >= 0.3 is 0 Å². The molecule has 5 nitrogen and oxygen atoms in total. The SMILES string of the molecule is CC1COOOCCCCCC1CC(O)CO. The first-order valence-electron chi connectivity index (χ1n) is 6.44. The molecule has 0 aliphatic carbocycles. The number of hydrogen-bond donors (Lipinski definition) is 2. The van der Waals surface area contributed by atoms with Gasteiger partial charge in [0.25, 0.3) is 0 Å². The molecule has 17 heavy (non-hydrogen) atoms. The first kappa shape index (κ1) is 14.9. The van der Waals surface area contributed by atoms with Crippen LogP contribution in [0.3, 0.4) is 0 Å². The molecule has 1 aliphatic rings. The maximum atomic E-state index is 9.52. The Labute approximate surface area is 103 Å². The molecule has 1 aliphatic heterocycles. The van der Waals surface area contributed by atoms with Gasteiger partial charge < -0.3 is 10.2 Å². The fourth-order valence-corrected chi connectivity index (χ4v) is 2.14. The first-order chi connectivity index (χ1) is 8.24. The van der Waals surface area contributed by atoms with Crippen molar-refractivity contribution < 1.29 is 25.0 Å². The molecule has 5 heteroatoms. The van der Waals surface area contributed by atoms with Gasteiger partial charge in [-0.2, -0.15) is 0 Å². The van der Waals surface area contributed by atoms with Crippen molar-refractivity contribution in [2.45, 2.75) is 45.1 Å². The van der Waals surface area contributed by atoms with Crippen LogP contribution in [-0.2, 0) is 14.8 Å². The molecule has 0 spiro atoms. The summed E-state index contributed by atoms with van der Waals surface area (Å²) in [6, 6.07) is 0. The van der Waals surface area contributed by atoms with Crippen molar-refractivity contribution in [3.63, 3.8) is 0 Å². The quantitative estimate of drug-likeness (QED) is 0.740. The summed E-state index contributed by atoms with van der Waals surface area (Å²) in [7, 11) is 0. The first-order valence-corrected chi connectivity index (χ1v) is 6.44.